The van der Waals surface area contributed by atoms with Crippen molar-refractivity contribution >= 4 is 21.8 Å². The first kappa shape index (κ1) is 16.7. The zero-order chi connectivity index (χ0) is 17.6. The molecule has 0 saturated carbocycles. The van der Waals surface area contributed by atoms with E-state index in [1.807, 2.05) is 0 Å². The molecule has 24 heavy (non-hydrogen) atoms. The maximum absolute atomic E-state index is 12.8. The van der Waals surface area contributed by atoms with Crippen molar-refractivity contribution in [1.29, 1.82) is 0 Å². The normalized spacial score (nSPS) is 14.7. The molecule has 1 aliphatic heterocycles. The van der Waals surface area contributed by atoms with Gasteiger partial charge in [-0.3, -0.25) is 4.79 Å². The van der Waals surface area contributed by atoms with Crippen LogP contribution in [0.1, 0.15) is 22.1 Å². The lowest BCUT2D eigenvalue weighted by atomic mass is 10.3. The highest BCUT2D eigenvalue weighted by Crippen LogP contribution is 2.31. The van der Waals surface area contributed by atoms with Crippen LogP contribution < -0.4 is 4.74 Å². The van der Waals surface area contributed by atoms with Crippen molar-refractivity contribution in [2.24, 2.45) is 7.05 Å². The predicted octanol–water partition coefficient (Wildman–Crippen LogP) is 1.46. The summed E-state index contributed by atoms with van der Waals surface area (Å²) < 4.78 is 46.4. The minimum absolute atomic E-state index is 0.0372. The first-order valence-corrected chi connectivity index (χ1v) is 7.58. The van der Waals surface area contributed by atoms with Crippen LogP contribution in [0.4, 0.5) is 13.2 Å². The van der Waals surface area contributed by atoms with Gasteiger partial charge in [-0.15, -0.1) is 10.2 Å². The Hall–Kier alpha value is -2.11. The van der Waals surface area contributed by atoms with Crippen molar-refractivity contribution in [2.75, 3.05) is 13.7 Å². The number of amides is 1. The highest BCUT2D eigenvalue weighted by molar-refractivity contribution is 9.10. The molecule has 0 N–H and O–H groups in total. The molecule has 130 valence electrons. The van der Waals surface area contributed by atoms with Gasteiger partial charge in [-0.25, -0.2) is 4.68 Å². The number of aryl methyl sites for hydroxylation is 1. The number of aromatic nitrogens is 5. The summed E-state index contributed by atoms with van der Waals surface area (Å²) in [6.07, 6.45) is -4.57. The number of carbonyl (C=O) groups excluding carboxylic acids is 1. The second kappa shape index (κ2) is 5.76. The molecule has 1 aliphatic rings. The number of ether oxygens (including phenoxy) is 1. The van der Waals surface area contributed by atoms with Crippen LogP contribution in [0.5, 0.6) is 5.88 Å². The van der Waals surface area contributed by atoms with Gasteiger partial charge in [-0.05, 0) is 15.9 Å². The Bertz CT molecular complexity index is 800. The Morgan fingerprint density at radius 2 is 2.00 bits per heavy atom. The number of hydrogen-bond donors (Lipinski definition) is 0. The zero-order valence-electron chi connectivity index (χ0n) is 12.6. The minimum atomic E-state index is -4.57. The monoisotopic (exact) mass is 408 g/mol. The average Bonchev–Trinajstić information content (AvgIpc) is 3.06. The Morgan fingerprint density at radius 1 is 1.29 bits per heavy atom. The number of rotatable bonds is 2. The van der Waals surface area contributed by atoms with E-state index in [4.69, 9.17) is 4.74 Å². The summed E-state index contributed by atoms with van der Waals surface area (Å²) >= 11 is 3.25. The molecule has 0 fully saturated rings. The molecule has 12 heteroatoms. The summed E-state index contributed by atoms with van der Waals surface area (Å²) in [6, 6.07) is 0. The second-order valence-corrected chi connectivity index (χ2v) is 5.90. The van der Waals surface area contributed by atoms with Crippen LogP contribution in [0, 0.1) is 0 Å². The van der Waals surface area contributed by atoms with Gasteiger partial charge in [-0.2, -0.15) is 18.3 Å². The van der Waals surface area contributed by atoms with Crippen molar-refractivity contribution < 1.29 is 22.7 Å². The maximum Gasteiger partial charge on any atom is 0.451 e. The molecule has 8 nitrogen and oxygen atoms in total. The van der Waals surface area contributed by atoms with Crippen LogP contribution in [0.25, 0.3) is 0 Å². The summed E-state index contributed by atoms with van der Waals surface area (Å²) in [5.74, 6) is -1.02. The summed E-state index contributed by atoms with van der Waals surface area (Å²) in [4.78, 5) is 14.0. The van der Waals surface area contributed by atoms with Crippen molar-refractivity contribution in [1.82, 2.24) is 29.4 Å². The third kappa shape index (κ3) is 2.64. The fourth-order valence-electron chi connectivity index (χ4n) is 2.53. The smallest absolute Gasteiger partial charge is 0.451 e. The third-order valence-electron chi connectivity index (χ3n) is 3.63. The molecule has 0 aliphatic carbocycles. The zero-order valence-corrected chi connectivity index (χ0v) is 14.2. The van der Waals surface area contributed by atoms with Crippen LogP contribution >= 0.6 is 15.9 Å². The highest BCUT2D eigenvalue weighted by atomic mass is 79.9. The topological polar surface area (TPSA) is 78.1 Å². The molecular formula is C12H12BrF3N6O2. The predicted molar refractivity (Wildman–Crippen MR) is 77.2 cm³/mol. The van der Waals surface area contributed by atoms with Gasteiger partial charge < -0.3 is 14.2 Å². The molecule has 2 aromatic rings. The molecule has 0 saturated heterocycles. The standard InChI is InChI=1S/C12H12BrF3N6O2/c1-20-10(24-2)7(13)8(19-20)9(23)21-3-4-22-6(5-21)17-18-11(22)12(14,15)16/h3-5H2,1-2H3. The molecule has 3 rings (SSSR count). The van der Waals surface area contributed by atoms with Gasteiger partial charge in [0, 0.05) is 20.1 Å². The molecule has 0 aromatic carbocycles. The van der Waals surface area contributed by atoms with E-state index in [0.29, 0.717) is 10.4 Å². The molecule has 3 heterocycles. The number of hydrogen-bond acceptors (Lipinski definition) is 5. The van der Waals surface area contributed by atoms with E-state index >= 15 is 0 Å². The molecule has 0 spiro atoms. The number of fused-ring (bicyclic) bond motifs is 1. The summed E-state index contributed by atoms with van der Waals surface area (Å²) in [5.41, 5.74) is 0.123. The van der Waals surface area contributed by atoms with Crippen LogP contribution in [-0.2, 0) is 26.3 Å². The molecule has 0 bridgehead atoms. The lowest BCUT2D eigenvalue weighted by Crippen LogP contribution is -2.39. The molecule has 0 unspecified atom stereocenters. The van der Waals surface area contributed by atoms with Gasteiger partial charge in [0.15, 0.2) is 11.5 Å². The summed E-state index contributed by atoms with van der Waals surface area (Å²) in [6.45, 7) is -0.0178. The highest BCUT2D eigenvalue weighted by Gasteiger charge is 2.40. The largest absolute Gasteiger partial charge is 0.480 e. The minimum Gasteiger partial charge on any atom is -0.480 e. The lowest BCUT2D eigenvalue weighted by Gasteiger charge is -2.27. The molecule has 2 aromatic heterocycles. The fraction of sp³-hybridized carbons (Fsp3) is 0.500. The third-order valence-corrected chi connectivity index (χ3v) is 4.34. The number of nitrogens with zero attached hydrogens (tertiary/aromatic N) is 6. The summed E-state index contributed by atoms with van der Waals surface area (Å²) in [5, 5.41) is 10.8. The van der Waals surface area contributed by atoms with E-state index in [1.54, 1.807) is 7.05 Å². The first-order valence-electron chi connectivity index (χ1n) is 6.79. The van der Waals surface area contributed by atoms with E-state index < -0.39 is 17.9 Å². The van der Waals surface area contributed by atoms with Crippen molar-refractivity contribution in [3.8, 4) is 5.88 Å². The van der Waals surface area contributed by atoms with Gasteiger partial charge in [0.1, 0.15) is 4.47 Å². The van der Waals surface area contributed by atoms with Crippen LogP contribution in [0.3, 0.4) is 0 Å². The summed E-state index contributed by atoms with van der Waals surface area (Å²) in [7, 11) is 3.06. The average molecular weight is 409 g/mol. The molecular weight excluding hydrogens is 397 g/mol. The van der Waals surface area contributed by atoms with Crippen LogP contribution in [-0.4, -0.2) is 49.0 Å². The number of methoxy groups -OCH3 is 1. The van der Waals surface area contributed by atoms with Crippen molar-refractivity contribution in [3.63, 3.8) is 0 Å². The molecule has 0 atom stereocenters. The fourth-order valence-corrected chi connectivity index (χ4v) is 3.20. The molecule has 1 amide bonds. The van der Waals surface area contributed by atoms with E-state index in [-0.39, 0.29) is 31.2 Å². The lowest BCUT2D eigenvalue weighted by molar-refractivity contribution is -0.147. The van der Waals surface area contributed by atoms with E-state index in [1.165, 1.54) is 16.7 Å². The van der Waals surface area contributed by atoms with E-state index in [2.05, 4.69) is 31.2 Å². The van der Waals surface area contributed by atoms with Gasteiger partial charge >= 0.3 is 6.18 Å². The van der Waals surface area contributed by atoms with Gasteiger partial charge in [0.05, 0.1) is 13.7 Å². The van der Waals surface area contributed by atoms with Crippen molar-refractivity contribution in [3.05, 3.63) is 21.8 Å². The van der Waals surface area contributed by atoms with E-state index in [0.717, 1.165) is 4.57 Å². The Balaban J connectivity index is 1.86. The number of alkyl halides is 3. The SMILES string of the molecule is COc1c(Br)c(C(=O)N2CCn3c(nnc3C(F)(F)F)C2)nn1C. The van der Waals surface area contributed by atoms with Gasteiger partial charge in [0.25, 0.3) is 5.91 Å². The molecule has 0 radical (unpaired) electrons. The number of carbonyl (C=O) groups is 1. The quantitative estimate of drug-likeness (QED) is 0.751. The van der Waals surface area contributed by atoms with Crippen molar-refractivity contribution in [2.45, 2.75) is 19.3 Å². The Morgan fingerprint density at radius 3 is 2.58 bits per heavy atom. The van der Waals surface area contributed by atoms with Gasteiger partial charge in [-0.1, -0.05) is 0 Å². The first-order chi connectivity index (χ1) is 11.2. The van der Waals surface area contributed by atoms with Gasteiger partial charge in [0.2, 0.25) is 11.7 Å². The Kier molecular flexibility index (Phi) is 4.01. The van der Waals surface area contributed by atoms with Crippen LogP contribution in [0.2, 0.25) is 0 Å². The Labute approximate surface area is 142 Å². The van der Waals surface area contributed by atoms with E-state index in [9.17, 15) is 18.0 Å². The number of halogens is 4. The maximum atomic E-state index is 12.8. The second-order valence-electron chi connectivity index (χ2n) is 5.11. The van der Waals surface area contributed by atoms with Crippen LogP contribution in [0.15, 0.2) is 4.47 Å².